The normalized spacial score (nSPS) is 11.9. The van der Waals surface area contributed by atoms with E-state index in [1.165, 1.54) is 13.8 Å². The van der Waals surface area contributed by atoms with Gasteiger partial charge in [0.1, 0.15) is 12.7 Å². The van der Waals surface area contributed by atoms with E-state index in [2.05, 4.69) is 9.47 Å². The Labute approximate surface area is 65.5 Å². The smallest absolute Gasteiger partial charge is 0.303 e. The first-order chi connectivity index (χ1) is 5.02. The van der Waals surface area contributed by atoms with Gasteiger partial charge in [0.15, 0.2) is 0 Å². The lowest BCUT2D eigenvalue weighted by atomic mass is 10.4. The Bertz CT molecular complexity index is 153. The summed E-state index contributed by atoms with van der Waals surface area (Å²) in [6, 6.07) is 0. The Hall–Kier alpha value is -1.06. The van der Waals surface area contributed by atoms with E-state index in [0.717, 1.165) is 0 Å². The number of ether oxygens (including phenoxy) is 2. The average molecular weight is 160 g/mol. The van der Waals surface area contributed by atoms with Gasteiger partial charge in [-0.2, -0.15) is 0 Å². The van der Waals surface area contributed by atoms with Gasteiger partial charge in [0, 0.05) is 13.8 Å². The van der Waals surface area contributed by atoms with Gasteiger partial charge in [-0.25, -0.2) is 0 Å². The van der Waals surface area contributed by atoms with Crippen molar-refractivity contribution < 1.29 is 19.1 Å². The molecule has 64 valence electrons. The second kappa shape index (κ2) is 4.71. The SMILES string of the molecule is CC(=O)OC[C@@H](C)OC(C)=O. The minimum Gasteiger partial charge on any atom is -0.462 e. The number of rotatable bonds is 3. The van der Waals surface area contributed by atoms with E-state index in [0.29, 0.717) is 0 Å². The molecule has 0 unspecified atom stereocenters. The van der Waals surface area contributed by atoms with Crippen LogP contribution in [0.5, 0.6) is 0 Å². The molecule has 0 bridgehead atoms. The van der Waals surface area contributed by atoms with Crippen LogP contribution in [-0.4, -0.2) is 24.6 Å². The maximum Gasteiger partial charge on any atom is 0.303 e. The van der Waals surface area contributed by atoms with Crippen LogP contribution in [0.2, 0.25) is 0 Å². The van der Waals surface area contributed by atoms with Gasteiger partial charge in [0.25, 0.3) is 0 Å². The molecule has 0 aromatic rings. The van der Waals surface area contributed by atoms with Crippen LogP contribution in [-0.2, 0) is 19.1 Å². The molecule has 4 nitrogen and oxygen atoms in total. The molecule has 0 saturated carbocycles. The van der Waals surface area contributed by atoms with Crippen LogP contribution in [0.1, 0.15) is 20.8 Å². The molecule has 0 radical (unpaired) electrons. The van der Waals surface area contributed by atoms with Crippen molar-refractivity contribution in [3.8, 4) is 0 Å². The Morgan fingerprint density at radius 1 is 1.27 bits per heavy atom. The van der Waals surface area contributed by atoms with Crippen molar-refractivity contribution in [3.63, 3.8) is 0 Å². The summed E-state index contributed by atoms with van der Waals surface area (Å²) in [6.07, 6.45) is -0.364. The summed E-state index contributed by atoms with van der Waals surface area (Å²) in [7, 11) is 0. The average Bonchev–Trinajstić information content (AvgIpc) is 1.82. The molecule has 0 N–H and O–H groups in total. The predicted molar refractivity (Wildman–Crippen MR) is 37.9 cm³/mol. The maximum atomic E-state index is 10.3. The summed E-state index contributed by atoms with van der Waals surface area (Å²) in [5.74, 6) is -0.742. The minimum atomic E-state index is -0.371. The van der Waals surface area contributed by atoms with E-state index >= 15 is 0 Å². The lowest BCUT2D eigenvalue weighted by Gasteiger charge is -2.10. The van der Waals surface area contributed by atoms with Crippen LogP contribution >= 0.6 is 0 Å². The predicted octanol–water partition coefficient (Wildman–Crippen LogP) is 0.501. The molecule has 0 aromatic heterocycles. The third-order valence-electron chi connectivity index (χ3n) is 0.888. The van der Waals surface area contributed by atoms with Gasteiger partial charge >= 0.3 is 11.9 Å². The molecule has 0 spiro atoms. The fourth-order valence-corrected chi connectivity index (χ4v) is 0.552. The lowest BCUT2D eigenvalue weighted by Crippen LogP contribution is -2.19. The van der Waals surface area contributed by atoms with Crippen molar-refractivity contribution in [2.45, 2.75) is 26.9 Å². The molecule has 0 rings (SSSR count). The van der Waals surface area contributed by atoms with Crippen molar-refractivity contribution >= 4 is 11.9 Å². The summed E-state index contributed by atoms with van der Waals surface area (Å²) >= 11 is 0. The molecule has 11 heavy (non-hydrogen) atoms. The monoisotopic (exact) mass is 160 g/mol. The quantitative estimate of drug-likeness (QED) is 0.564. The van der Waals surface area contributed by atoms with Gasteiger partial charge in [-0.1, -0.05) is 0 Å². The molecule has 0 amide bonds. The first kappa shape index (κ1) is 9.94. The Morgan fingerprint density at radius 3 is 2.18 bits per heavy atom. The molecule has 0 aromatic carbocycles. The number of hydrogen-bond donors (Lipinski definition) is 0. The zero-order valence-electron chi connectivity index (χ0n) is 6.92. The van der Waals surface area contributed by atoms with E-state index in [-0.39, 0.29) is 24.6 Å². The maximum absolute atomic E-state index is 10.3. The van der Waals surface area contributed by atoms with Crippen LogP contribution in [0.25, 0.3) is 0 Å². The summed E-state index contributed by atoms with van der Waals surface area (Å²) < 4.78 is 9.27. The zero-order valence-corrected chi connectivity index (χ0v) is 6.92. The second-order valence-corrected chi connectivity index (χ2v) is 2.22. The van der Waals surface area contributed by atoms with Crippen molar-refractivity contribution in [1.29, 1.82) is 0 Å². The molecule has 0 aliphatic carbocycles. The molecule has 1 atom stereocenters. The van der Waals surface area contributed by atoms with E-state index in [1.807, 2.05) is 0 Å². The van der Waals surface area contributed by atoms with E-state index in [1.54, 1.807) is 6.92 Å². The van der Waals surface area contributed by atoms with Gasteiger partial charge in [0.05, 0.1) is 0 Å². The highest BCUT2D eigenvalue weighted by Crippen LogP contribution is 1.92. The van der Waals surface area contributed by atoms with Gasteiger partial charge in [-0.15, -0.1) is 0 Å². The first-order valence-corrected chi connectivity index (χ1v) is 3.33. The number of hydrogen-bond acceptors (Lipinski definition) is 4. The molecule has 0 aliphatic rings. The van der Waals surface area contributed by atoms with Crippen molar-refractivity contribution in [2.75, 3.05) is 6.61 Å². The summed E-state index contributed by atoms with van der Waals surface area (Å²) in [5.41, 5.74) is 0. The zero-order chi connectivity index (χ0) is 8.85. The minimum absolute atomic E-state index is 0.120. The summed E-state index contributed by atoms with van der Waals surface area (Å²) in [5, 5.41) is 0. The van der Waals surface area contributed by atoms with Gasteiger partial charge in [-0.3, -0.25) is 9.59 Å². The molecular weight excluding hydrogens is 148 g/mol. The van der Waals surface area contributed by atoms with Gasteiger partial charge < -0.3 is 9.47 Å². The van der Waals surface area contributed by atoms with Crippen molar-refractivity contribution in [2.24, 2.45) is 0 Å². The van der Waals surface area contributed by atoms with E-state index < -0.39 is 0 Å². The number of carbonyl (C=O) groups excluding carboxylic acids is 2. The topological polar surface area (TPSA) is 52.6 Å². The summed E-state index contributed by atoms with van der Waals surface area (Å²) in [6.45, 7) is 4.39. The molecule has 0 fully saturated rings. The highest BCUT2D eigenvalue weighted by atomic mass is 16.6. The molecule has 0 saturated heterocycles. The Morgan fingerprint density at radius 2 is 1.82 bits per heavy atom. The third-order valence-corrected chi connectivity index (χ3v) is 0.888. The highest BCUT2D eigenvalue weighted by Gasteiger charge is 2.06. The lowest BCUT2D eigenvalue weighted by molar-refractivity contribution is -0.155. The number of esters is 2. The Balaban J connectivity index is 3.44. The standard InChI is InChI=1S/C7H12O4/c1-5(11-7(3)9)4-10-6(2)8/h5H,4H2,1-3H3/t5-/m1/s1. The van der Waals surface area contributed by atoms with Gasteiger partial charge in [0.2, 0.25) is 0 Å². The van der Waals surface area contributed by atoms with E-state index in [9.17, 15) is 9.59 Å². The molecule has 0 heterocycles. The fourth-order valence-electron chi connectivity index (χ4n) is 0.552. The highest BCUT2D eigenvalue weighted by molar-refractivity contribution is 5.67. The van der Waals surface area contributed by atoms with Crippen LogP contribution in [0.15, 0.2) is 0 Å². The number of carbonyl (C=O) groups is 2. The second-order valence-electron chi connectivity index (χ2n) is 2.22. The van der Waals surface area contributed by atoms with E-state index in [4.69, 9.17) is 0 Å². The molecular formula is C7H12O4. The first-order valence-electron chi connectivity index (χ1n) is 3.33. The van der Waals surface area contributed by atoms with Crippen LogP contribution in [0, 0.1) is 0 Å². The molecule has 0 aliphatic heterocycles. The van der Waals surface area contributed by atoms with Crippen LogP contribution in [0.4, 0.5) is 0 Å². The van der Waals surface area contributed by atoms with Crippen molar-refractivity contribution in [3.05, 3.63) is 0 Å². The fraction of sp³-hybridized carbons (Fsp3) is 0.714. The Kier molecular flexibility index (Phi) is 4.26. The van der Waals surface area contributed by atoms with Crippen LogP contribution < -0.4 is 0 Å². The van der Waals surface area contributed by atoms with Crippen molar-refractivity contribution in [1.82, 2.24) is 0 Å². The summed E-state index contributed by atoms with van der Waals surface area (Å²) in [4.78, 5) is 20.6. The van der Waals surface area contributed by atoms with Gasteiger partial charge in [-0.05, 0) is 6.92 Å². The molecule has 4 heteroatoms. The largest absolute Gasteiger partial charge is 0.462 e. The van der Waals surface area contributed by atoms with Crippen LogP contribution in [0.3, 0.4) is 0 Å². The third kappa shape index (κ3) is 6.83.